The molecule has 0 aliphatic carbocycles. The Hall–Kier alpha value is -2.28. The van der Waals surface area contributed by atoms with Gasteiger partial charge in [-0.1, -0.05) is 5.92 Å². The predicted octanol–water partition coefficient (Wildman–Crippen LogP) is 1.37. The Morgan fingerprint density at radius 1 is 1.20 bits per heavy atom. The van der Waals surface area contributed by atoms with E-state index in [1.165, 1.54) is 19.1 Å². The van der Waals surface area contributed by atoms with Crippen molar-refractivity contribution in [3.8, 4) is 12.3 Å². The normalized spacial score (nSPS) is 9.33. The van der Waals surface area contributed by atoms with Gasteiger partial charge in [0.15, 0.2) is 0 Å². The summed E-state index contributed by atoms with van der Waals surface area (Å²) in [4.78, 5) is 21.6. The van der Waals surface area contributed by atoms with Crippen LogP contribution >= 0.6 is 0 Å². The molecule has 0 spiro atoms. The third kappa shape index (κ3) is 1.97. The first-order valence-electron chi connectivity index (χ1n) is 4.05. The van der Waals surface area contributed by atoms with Gasteiger partial charge in [-0.05, 0) is 24.6 Å². The third-order valence-electron chi connectivity index (χ3n) is 2.04. The van der Waals surface area contributed by atoms with Crippen LogP contribution in [0.2, 0.25) is 0 Å². The molecule has 0 saturated heterocycles. The molecule has 1 rings (SSSR count). The molecular formula is C11H8O4. The molecule has 4 nitrogen and oxygen atoms in total. The summed E-state index contributed by atoms with van der Waals surface area (Å²) >= 11 is 0. The van der Waals surface area contributed by atoms with Gasteiger partial charge in [-0.25, -0.2) is 9.59 Å². The molecule has 0 amide bonds. The number of aromatic carboxylic acids is 2. The lowest BCUT2D eigenvalue weighted by atomic mass is 9.99. The maximum absolute atomic E-state index is 10.8. The van der Waals surface area contributed by atoms with Crippen molar-refractivity contribution in [1.82, 2.24) is 0 Å². The monoisotopic (exact) mass is 204 g/mol. The lowest BCUT2D eigenvalue weighted by molar-refractivity contribution is 0.0696. The van der Waals surface area contributed by atoms with Crippen molar-refractivity contribution in [1.29, 1.82) is 0 Å². The van der Waals surface area contributed by atoms with Crippen molar-refractivity contribution < 1.29 is 19.8 Å². The maximum atomic E-state index is 10.8. The van der Waals surface area contributed by atoms with Gasteiger partial charge in [-0.2, -0.15) is 0 Å². The van der Waals surface area contributed by atoms with E-state index >= 15 is 0 Å². The molecule has 0 fully saturated rings. The molecule has 15 heavy (non-hydrogen) atoms. The van der Waals surface area contributed by atoms with Crippen LogP contribution in [0.15, 0.2) is 12.1 Å². The van der Waals surface area contributed by atoms with Gasteiger partial charge in [0.2, 0.25) is 0 Å². The zero-order valence-electron chi connectivity index (χ0n) is 7.94. The second kappa shape index (κ2) is 3.84. The van der Waals surface area contributed by atoms with E-state index in [0.717, 1.165) is 0 Å². The van der Waals surface area contributed by atoms with Gasteiger partial charge in [0.05, 0.1) is 11.1 Å². The second-order valence-electron chi connectivity index (χ2n) is 2.95. The summed E-state index contributed by atoms with van der Waals surface area (Å²) in [5, 5.41) is 17.7. The molecule has 0 aliphatic heterocycles. The van der Waals surface area contributed by atoms with Gasteiger partial charge in [0, 0.05) is 5.56 Å². The van der Waals surface area contributed by atoms with Gasteiger partial charge < -0.3 is 10.2 Å². The predicted molar refractivity (Wildman–Crippen MR) is 53.0 cm³/mol. The second-order valence-corrected chi connectivity index (χ2v) is 2.95. The van der Waals surface area contributed by atoms with Gasteiger partial charge in [-0.15, -0.1) is 6.42 Å². The number of terminal acetylenes is 1. The van der Waals surface area contributed by atoms with E-state index in [-0.39, 0.29) is 22.3 Å². The van der Waals surface area contributed by atoms with Crippen molar-refractivity contribution in [2.75, 3.05) is 0 Å². The Morgan fingerprint density at radius 2 is 1.60 bits per heavy atom. The minimum atomic E-state index is -1.19. The fraction of sp³-hybridized carbons (Fsp3) is 0.0909. The average molecular weight is 204 g/mol. The number of hydrogen-bond acceptors (Lipinski definition) is 2. The summed E-state index contributed by atoms with van der Waals surface area (Å²) in [6.45, 7) is 1.44. The highest BCUT2D eigenvalue weighted by molar-refractivity contribution is 5.97. The minimum absolute atomic E-state index is 0.0807. The van der Waals surface area contributed by atoms with Crippen LogP contribution in [0.1, 0.15) is 31.8 Å². The van der Waals surface area contributed by atoms with E-state index < -0.39 is 11.9 Å². The van der Waals surface area contributed by atoms with Crippen LogP contribution in [0.4, 0.5) is 0 Å². The van der Waals surface area contributed by atoms with Gasteiger partial charge in [0.25, 0.3) is 0 Å². The molecule has 1 aromatic rings. The molecule has 1 aromatic carbocycles. The molecule has 2 N–H and O–H groups in total. The van der Waals surface area contributed by atoms with E-state index in [9.17, 15) is 9.59 Å². The molecular weight excluding hydrogens is 196 g/mol. The number of hydrogen-bond donors (Lipinski definition) is 2. The first kappa shape index (κ1) is 10.8. The van der Waals surface area contributed by atoms with E-state index in [4.69, 9.17) is 16.6 Å². The van der Waals surface area contributed by atoms with Gasteiger partial charge in [0.1, 0.15) is 0 Å². The first-order valence-corrected chi connectivity index (χ1v) is 4.05. The van der Waals surface area contributed by atoms with E-state index in [1.807, 2.05) is 0 Å². The zero-order valence-corrected chi connectivity index (χ0v) is 7.94. The van der Waals surface area contributed by atoms with Crippen molar-refractivity contribution in [2.24, 2.45) is 0 Å². The Labute approximate surface area is 86.2 Å². The largest absolute Gasteiger partial charge is 0.478 e. The van der Waals surface area contributed by atoms with Crippen LogP contribution in [0.3, 0.4) is 0 Å². The molecule has 76 valence electrons. The summed E-state index contributed by atoms with van der Waals surface area (Å²) in [7, 11) is 0. The lowest BCUT2D eigenvalue weighted by Gasteiger charge is -2.05. The Morgan fingerprint density at radius 3 is 1.87 bits per heavy atom. The van der Waals surface area contributed by atoms with Crippen LogP contribution in [-0.2, 0) is 0 Å². The summed E-state index contributed by atoms with van der Waals surface area (Å²) in [5.74, 6) is -0.158. The zero-order chi connectivity index (χ0) is 11.6. The molecule has 0 saturated carbocycles. The average Bonchev–Trinajstić information content (AvgIpc) is 2.17. The molecule has 0 unspecified atom stereocenters. The molecule has 0 bridgehead atoms. The fourth-order valence-electron chi connectivity index (χ4n) is 1.24. The maximum Gasteiger partial charge on any atom is 0.336 e. The summed E-state index contributed by atoms with van der Waals surface area (Å²) in [6, 6.07) is 2.56. The van der Waals surface area contributed by atoms with Crippen LogP contribution in [0.25, 0.3) is 0 Å². The number of carboxylic acid groups (broad SMARTS) is 2. The van der Waals surface area contributed by atoms with Crippen LogP contribution in [-0.4, -0.2) is 22.2 Å². The first-order chi connectivity index (χ1) is 6.97. The van der Waals surface area contributed by atoms with Crippen molar-refractivity contribution in [2.45, 2.75) is 6.92 Å². The molecule has 0 aromatic heterocycles. The highest BCUT2D eigenvalue weighted by Gasteiger charge is 2.16. The van der Waals surface area contributed by atoms with Crippen molar-refractivity contribution in [3.05, 3.63) is 34.4 Å². The summed E-state index contributed by atoms with van der Waals surface area (Å²) in [5.41, 5.74) is 0.287. The molecule has 4 heteroatoms. The smallest absolute Gasteiger partial charge is 0.336 e. The van der Waals surface area contributed by atoms with Crippen LogP contribution in [0.5, 0.6) is 0 Å². The Balaban J connectivity index is 3.56. The minimum Gasteiger partial charge on any atom is -0.478 e. The van der Waals surface area contributed by atoms with E-state index in [1.54, 1.807) is 0 Å². The van der Waals surface area contributed by atoms with Crippen LogP contribution < -0.4 is 0 Å². The van der Waals surface area contributed by atoms with E-state index in [2.05, 4.69) is 5.92 Å². The standard InChI is InChI=1S/C11H8O4/c1-3-7-4-8(10(12)13)6(2)9(5-7)11(14)15/h1,4-5H,2H3,(H,12,13)(H,14,15). The number of carbonyl (C=O) groups is 2. The topological polar surface area (TPSA) is 74.6 Å². The molecule has 0 heterocycles. The highest BCUT2D eigenvalue weighted by atomic mass is 16.4. The van der Waals surface area contributed by atoms with Crippen molar-refractivity contribution >= 4 is 11.9 Å². The highest BCUT2D eigenvalue weighted by Crippen LogP contribution is 2.17. The van der Waals surface area contributed by atoms with Gasteiger partial charge >= 0.3 is 11.9 Å². The Kier molecular flexibility index (Phi) is 2.77. The third-order valence-corrected chi connectivity index (χ3v) is 2.04. The molecule has 0 aliphatic rings. The van der Waals surface area contributed by atoms with E-state index in [0.29, 0.717) is 0 Å². The number of benzene rings is 1. The molecule has 0 radical (unpaired) electrons. The van der Waals surface area contributed by atoms with Gasteiger partial charge in [-0.3, -0.25) is 0 Å². The number of carboxylic acids is 2. The number of rotatable bonds is 2. The van der Waals surface area contributed by atoms with Crippen molar-refractivity contribution in [3.63, 3.8) is 0 Å². The summed E-state index contributed by atoms with van der Waals surface area (Å²) in [6.07, 6.45) is 5.10. The molecule has 0 atom stereocenters. The Bertz CT molecular complexity index is 445. The SMILES string of the molecule is C#Cc1cc(C(=O)O)c(C)c(C(=O)O)c1. The quantitative estimate of drug-likeness (QED) is 0.713. The lowest BCUT2D eigenvalue weighted by Crippen LogP contribution is -2.08. The van der Waals surface area contributed by atoms with Crippen LogP contribution in [0, 0.1) is 19.3 Å². The summed E-state index contributed by atoms with van der Waals surface area (Å²) < 4.78 is 0. The fourth-order valence-corrected chi connectivity index (χ4v) is 1.24.